The van der Waals surface area contributed by atoms with Gasteiger partial charge in [0.1, 0.15) is 13.2 Å². The van der Waals surface area contributed by atoms with Crippen LogP contribution < -0.4 is 0 Å². The largest absolute Gasteiger partial charge is 0.467 e. The van der Waals surface area contributed by atoms with Crippen LogP contribution in [0.4, 0.5) is 0 Å². The summed E-state index contributed by atoms with van der Waals surface area (Å²) in [5, 5.41) is 0. The first-order chi connectivity index (χ1) is 20.2. The van der Waals surface area contributed by atoms with Gasteiger partial charge in [-0.2, -0.15) is 0 Å². The normalized spacial score (nSPS) is 11.2. The predicted octanol–water partition coefficient (Wildman–Crippen LogP) is 5.28. The molecule has 0 aliphatic carbocycles. The van der Waals surface area contributed by atoms with Crippen LogP contribution >= 0.6 is 0 Å². The van der Waals surface area contributed by atoms with Crippen molar-refractivity contribution in [3.05, 3.63) is 0 Å². The molecule has 41 heavy (non-hydrogen) atoms. The number of rotatable bonds is 34. The minimum Gasteiger partial charge on any atom is -0.467 e. The molecule has 0 aliphatic heterocycles. The van der Waals surface area contributed by atoms with Gasteiger partial charge in [0.2, 0.25) is 0 Å². The Balaban J connectivity index is 3.15. The van der Waals surface area contributed by atoms with E-state index in [-0.39, 0.29) is 19.2 Å². The third kappa shape index (κ3) is 34.8. The van der Waals surface area contributed by atoms with Crippen LogP contribution in [0, 0.1) is 0 Å². The molecule has 0 radical (unpaired) electrons. The topological polar surface area (TPSA) is 108 Å². The molecule has 10 nitrogen and oxygen atoms in total. The van der Waals surface area contributed by atoms with Crippen LogP contribution in [0.15, 0.2) is 0 Å². The Kier molecular flexibility index (Phi) is 33.8. The molecular formula is C31H60O10. The molecule has 0 rings (SSSR count). The Morgan fingerprint density at radius 2 is 0.756 bits per heavy atom. The van der Waals surface area contributed by atoms with Crippen molar-refractivity contribution in [2.24, 2.45) is 0 Å². The molecule has 0 aromatic rings. The van der Waals surface area contributed by atoms with Crippen LogP contribution in [0.25, 0.3) is 0 Å². The van der Waals surface area contributed by atoms with Crippen molar-refractivity contribution < 1.29 is 47.5 Å². The van der Waals surface area contributed by atoms with Crippen molar-refractivity contribution in [2.75, 3.05) is 93.0 Å². The second-order valence-electron chi connectivity index (χ2n) is 9.90. The van der Waals surface area contributed by atoms with Gasteiger partial charge in [0.25, 0.3) is 0 Å². The number of carbonyl (C=O) groups excluding carboxylic acids is 2. The molecule has 0 N–H and O–H groups in total. The number of hydrogen-bond donors (Lipinski definition) is 0. The van der Waals surface area contributed by atoms with Gasteiger partial charge in [0, 0.05) is 6.42 Å². The summed E-state index contributed by atoms with van der Waals surface area (Å²) in [6.07, 6.45) is 17.3. The molecule has 0 atom stereocenters. The zero-order valence-corrected chi connectivity index (χ0v) is 26.2. The molecule has 0 amide bonds. The van der Waals surface area contributed by atoms with E-state index < -0.39 is 5.97 Å². The SMILES string of the molecule is CCCCCCCCCCCCCCCC(=O)OCCOCCOCCOCCOCCOCCOCC(=O)OC. The predicted molar refractivity (Wildman–Crippen MR) is 158 cm³/mol. The molecule has 0 saturated heterocycles. The minimum absolute atomic E-state index is 0.0683. The fraction of sp³-hybridized carbons (Fsp3) is 0.935. The maximum Gasteiger partial charge on any atom is 0.331 e. The third-order valence-corrected chi connectivity index (χ3v) is 6.28. The summed E-state index contributed by atoms with van der Waals surface area (Å²) in [4.78, 5) is 22.7. The number of unbranched alkanes of at least 4 members (excludes halogenated alkanes) is 12. The van der Waals surface area contributed by atoms with E-state index in [0.29, 0.717) is 79.1 Å². The summed E-state index contributed by atoms with van der Waals surface area (Å²) >= 11 is 0. The summed E-state index contributed by atoms with van der Waals surface area (Å²) < 4.78 is 41.8. The van der Waals surface area contributed by atoms with Crippen molar-refractivity contribution >= 4 is 11.9 Å². The zero-order chi connectivity index (χ0) is 29.9. The number of ether oxygens (including phenoxy) is 8. The van der Waals surface area contributed by atoms with Gasteiger partial charge in [-0.15, -0.1) is 0 Å². The average molecular weight is 593 g/mol. The fourth-order valence-electron chi connectivity index (χ4n) is 3.89. The van der Waals surface area contributed by atoms with E-state index in [1.54, 1.807) is 0 Å². The first-order valence-electron chi connectivity index (χ1n) is 15.9. The summed E-state index contributed by atoms with van der Waals surface area (Å²) in [7, 11) is 1.32. The van der Waals surface area contributed by atoms with E-state index in [1.165, 1.54) is 77.7 Å². The molecule has 0 aromatic heterocycles. The Hall–Kier alpha value is -1.30. The van der Waals surface area contributed by atoms with Gasteiger partial charge < -0.3 is 37.9 Å². The molecule has 0 fully saturated rings. The molecule has 0 saturated carbocycles. The highest BCUT2D eigenvalue weighted by Crippen LogP contribution is 2.13. The third-order valence-electron chi connectivity index (χ3n) is 6.28. The lowest BCUT2D eigenvalue weighted by molar-refractivity contribution is -0.146. The Labute approximate surface area is 249 Å². The number of methoxy groups -OCH3 is 1. The lowest BCUT2D eigenvalue weighted by atomic mass is 10.0. The molecule has 0 spiro atoms. The van der Waals surface area contributed by atoms with E-state index in [4.69, 9.17) is 33.2 Å². The average Bonchev–Trinajstić information content (AvgIpc) is 2.98. The summed E-state index contributed by atoms with van der Waals surface area (Å²) in [5.74, 6) is -0.541. The highest BCUT2D eigenvalue weighted by atomic mass is 16.6. The van der Waals surface area contributed by atoms with Gasteiger partial charge in [0.05, 0.1) is 79.8 Å². The van der Waals surface area contributed by atoms with E-state index >= 15 is 0 Å². The first kappa shape index (κ1) is 39.7. The lowest BCUT2D eigenvalue weighted by Crippen LogP contribution is -2.16. The van der Waals surface area contributed by atoms with Crippen LogP contribution in [0.3, 0.4) is 0 Å². The second kappa shape index (κ2) is 34.9. The standard InChI is InChI=1S/C31H60O10/c1-3-4-5-6-7-8-9-10-11-12-13-14-15-16-30(32)41-28-27-39-24-23-37-20-19-35-17-18-36-21-22-38-25-26-40-29-31(33)34-2/h3-29H2,1-2H3. The molecule has 0 aliphatic rings. The van der Waals surface area contributed by atoms with Gasteiger partial charge in [-0.05, 0) is 6.42 Å². The van der Waals surface area contributed by atoms with Crippen LogP contribution in [0.2, 0.25) is 0 Å². The van der Waals surface area contributed by atoms with E-state index in [1.807, 2.05) is 0 Å². The lowest BCUT2D eigenvalue weighted by Gasteiger charge is -2.08. The number of esters is 2. The number of hydrogen-bond acceptors (Lipinski definition) is 10. The van der Waals surface area contributed by atoms with Crippen molar-refractivity contribution in [1.82, 2.24) is 0 Å². The van der Waals surface area contributed by atoms with Crippen molar-refractivity contribution in [2.45, 2.75) is 96.8 Å². The van der Waals surface area contributed by atoms with E-state index in [2.05, 4.69) is 11.7 Å². The first-order valence-corrected chi connectivity index (χ1v) is 15.9. The maximum absolute atomic E-state index is 11.8. The van der Waals surface area contributed by atoms with E-state index in [0.717, 1.165) is 12.8 Å². The van der Waals surface area contributed by atoms with Gasteiger partial charge in [-0.25, -0.2) is 4.79 Å². The van der Waals surface area contributed by atoms with Crippen LogP contribution in [0.5, 0.6) is 0 Å². The highest BCUT2D eigenvalue weighted by molar-refractivity contribution is 5.70. The minimum atomic E-state index is -0.406. The van der Waals surface area contributed by atoms with Crippen LogP contribution in [-0.2, 0) is 47.5 Å². The Morgan fingerprint density at radius 3 is 1.15 bits per heavy atom. The van der Waals surface area contributed by atoms with Gasteiger partial charge in [0.15, 0.2) is 0 Å². The summed E-state index contributed by atoms with van der Waals surface area (Å²) in [6, 6.07) is 0. The van der Waals surface area contributed by atoms with Crippen molar-refractivity contribution in [3.63, 3.8) is 0 Å². The maximum atomic E-state index is 11.8. The van der Waals surface area contributed by atoms with E-state index in [9.17, 15) is 9.59 Å². The zero-order valence-electron chi connectivity index (χ0n) is 26.2. The quantitative estimate of drug-likeness (QED) is 0.0723. The number of carbonyl (C=O) groups is 2. The van der Waals surface area contributed by atoms with Crippen molar-refractivity contribution in [1.29, 1.82) is 0 Å². The molecule has 10 heteroatoms. The second-order valence-corrected chi connectivity index (χ2v) is 9.90. The van der Waals surface area contributed by atoms with Gasteiger partial charge >= 0.3 is 11.9 Å². The molecular weight excluding hydrogens is 532 g/mol. The fourth-order valence-corrected chi connectivity index (χ4v) is 3.89. The molecule has 0 aromatic carbocycles. The van der Waals surface area contributed by atoms with Crippen LogP contribution in [-0.4, -0.2) is 105 Å². The monoisotopic (exact) mass is 592 g/mol. The molecule has 244 valence electrons. The van der Waals surface area contributed by atoms with Crippen LogP contribution in [0.1, 0.15) is 96.8 Å². The van der Waals surface area contributed by atoms with Gasteiger partial charge in [-0.3, -0.25) is 4.79 Å². The highest BCUT2D eigenvalue weighted by Gasteiger charge is 2.03. The van der Waals surface area contributed by atoms with Crippen molar-refractivity contribution in [3.8, 4) is 0 Å². The summed E-state index contributed by atoms with van der Waals surface area (Å²) in [6.45, 7) is 7.32. The molecule has 0 unspecified atom stereocenters. The Bertz CT molecular complexity index is 547. The Morgan fingerprint density at radius 1 is 0.415 bits per heavy atom. The smallest absolute Gasteiger partial charge is 0.331 e. The molecule has 0 bridgehead atoms. The molecule has 0 heterocycles. The van der Waals surface area contributed by atoms with Gasteiger partial charge in [-0.1, -0.05) is 84.0 Å². The summed E-state index contributed by atoms with van der Waals surface area (Å²) in [5.41, 5.74) is 0.